The number of esters is 1. The number of allylic oxidation sites excluding steroid dienone is 1. The minimum absolute atomic E-state index is 0.110. The highest BCUT2D eigenvalue weighted by molar-refractivity contribution is 5.66. The third kappa shape index (κ3) is 4.26. The van der Waals surface area contributed by atoms with Gasteiger partial charge in [0.05, 0.1) is 0 Å². The van der Waals surface area contributed by atoms with E-state index in [1.165, 1.54) is 57.8 Å². The monoisotopic (exact) mass is 414 g/mol. The Hall–Kier alpha value is -0.790. The van der Waals surface area contributed by atoms with E-state index in [1.807, 2.05) is 0 Å². The lowest BCUT2D eigenvalue weighted by Crippen LogP contribution is -2.47. The van der Waals surface area contributed by atoms with Crippen molar-refractivity contribution in [3.8, 4) is 0 Å². The van der Waals surface area contributed by atoms with Gasteiger partial charge in [-0.15, -0.1) is 0 Å². The van der Waals surface area contributed by atoms with E-state index in [2.05, 4.69) is 33.8 Å². The van der Waals surface area contributed by atoms with Gasteiger partial charge >= 0.3 is 5.97 Å². The molecule has 4 rings (SSSR count). The van der Waals surface area contributed by atoms with Crippen LogP contribution in [0.15, 0.2) is 11.6 Å². The number of ether oxygens (including phenoxy) is 1. The summed E-state index contributed by atoms with van der Waals surface area (Å²) in [7, 11) is 0. The Morgan fingerprint density at radius 1 is 1.10 bits per heavy atom. The van der Waals surface area contributed by atoms with Crippen LogP contribution in [0.4, 0.5) is 0 Å². The van der Waals surface area contributed by atoms with Crippen molar-refractivity contribution >= 4 is 5.97 Å². The summed E-state index contributed by atoms with van der Waals surface area (Å²) in [5.41, 5.74) is 2.22. The first-order chi connectivity index (χ1) is 14.3. The van der Waals surface area contributed by atoms with Crippen molar-refractivity contribution in [1.29, 1.82) is 0 Å². The third-order valence-electron chi connectivity index (χ3n) is 9.93. The molecule has 0 amide bonds. The Labute approximate surface area is 185 Å². The Bertz CT molecular complexity index is 649. The van der Waals surface area contributed by atoms with E-state index in [-0.39, 0.29) is 12.1 Å². The minimum atomic E-state index is -0.110. The molecule has 2 heteroatoms. The number of hydrogen-bond donors (Lipinski definition) is 0. The fourth-order valence-corrected chi connectivity index (χ4v) is 8.59. The maximum Gasteiger partial charge on any atom is 0.302 e. The molecule has 0 aliphatic heterocycles. The summed E-state index contributed by atoms with van der Waals surface area (Å²) in [6.07, 6.45) is 17.4. The summed E-state index contributed by atoms with van der Waals surface area (Å²) in [4.78, 5) is 11.4. The van der Waals surface area contributed by atoms with Gasteiger partial charge in [-0.2, -0.15) is 0 Å². The number of carbonyl (C=O) groups is 1. The summed E-state index contributed by atoms with van der Waals surface area (Å²) in [6, 6.07) is 0. The SMILES string of the molecule is CC(=O)O[C@H]1CCC2C(=CCC3C2CC[C@@]2(C)C3CCC2[C@H](C)CCCC(C)C)C1. The van der Waals surface area contributed by atoms with Gasteiger partial charge in [-0.05, 0) is 91.8 Å². The Morgan fingerprint density at radius 3 is 2.63 bits per heavy atom. The van der Waals surface area contributed by atoms with E-state index in [0.29, 0.717) is 5.41 Å². The first kappa shape index (κ1) is 22.4. The summed E-state index contributed by atoms with van der Waals surface area (Å²) in [5, 5.41) is 0. The Morgan fingerprint density at radius 2 is 1.90 bits per heavy atom. The number of rotatable bonds is 6. The zero-order chi connectivity index (χ0) is 21.5. The lowest BCUT2D eigenvalue weighted by molar-refractivity contribution is -0.147. The van der Waals surface area contributed by atoms with Crippen molar-refractivity contribution in [3.63, 3.8) is 0 Å². The first-order valence-corrected chi connectivity index (χ1v) is 13.2. The molecule has 0 heterocycles. The molecule has 0 aromatic rings. The van der Waals surface area contributed by atoms with Crippen LogP contribution < -0.4 is 0 Å². The van der Waals surface area contributed by atoms with Crippen LogP contribution in [0.2, 0.25) is 0 Å². The van der Waals surface area contributed by atoms with Crippen molar-refractivity contribution < 1.29 is 9.53 Å². The van der Waals surface area contributed by atoms with Crippen LogP contribution in [-0.2, 0) is 9.53 Å². The van der Waals surface area contributed by atoms with Gasteiger partial charge in [0, 0.05) is 13.3 Å². The molecule has 4 aliphatic carbocycles. The molecule has 4 aliphatic rings. The molecule has 0 spiro atoms. The molecule has 3 fully saturated rings. The van der Waals surface area contributed by atoms with Gasteiger partial charge in [0.2, 0.25) is 0 Å². The second-order valence-electron chi connectivity index (χ2n) is 12.1. The van der Waals surface area contributed by atoms with Crippen LogP contribution in [0.1, 0.15) is 105 Å². The van der Waals surface area contributed by atoms with Crippen molar-refractivity contribution in [2.75, 3.05) is 0 Å². The molecule has 0 saturated heterocycles. The largest absolute Gasteiger partial charge is 0.462 e. The normalized spacial score (nSPS) is 41.5. The van der Waals surface area contributed by atoms with Crippen LogP contribution in [0.3, 0.4) is 0 Å². The predicted octanol–water partition coefficient (Wildman–Crippen LogP) is 7.57. The molecule has 0 aromatic carbocycles. The number of fused-ring (bicyclic) bond motifs is 5. The second kappa shape index (κ2) is 8.99. The number of carbonyl (C=O) groups excluding carboxylic acids is 1. The molecule has 0 radical (unpaired) electrons. The van der Waals surface area contributed by atoms with Crippen molar-refractivity contribution in [2.24, 2.45) is 46.8 Å². The van der Waals surface area contributed by atoms with Crippen molar-refractivity contribution in [1.82, 2.24) is 0 Å². The van der Waals surface area contributed by atoms with Gasteiger partial charge in [-0.1, -0.05) is 58.6 Å². The second-order valence-corrected chi connectivity index (χ2v) is 12.1. The van der Waals surface area contributed by atoms with Gasteiger partial charge in [0.1, 0.15) is 6.10 Å². The maximum absolute atomic E-state index is 11.4. The molecule has 3 saturated carbocycles. The average molecular weight is 415 g/mol. The minimum Gasteiger partial charge on any atom is -0.462 e. The Balaban J connectivity index is 1.42. The molecule has 2 nitrogen and oxygen atoms in total. The van der Waals surface area contributed by atoms with Crippen LogP contribution >= 0.6 is 0 Å². The molecule has 0 aromatic heterocycles. The zero-order valence-electron chi connectivity index (χ0n) is 20.3. The van der Waals surface area contributed by atoms with Gasteiger partial charge in [0.15, 0.2) is 0 Å². The van der Waals surface area contributed by atoms with E-state index < -0.39 is 0 Å². The van der Waals surface area contributed by atoms with E-state index in [4.69, 9.17) is 4.74 Å². The maximum atomic E-state index is 11.4. The average Bonchev–Trinajstić information content (AvgIpc) is 3.04. The van der Waals surface area contributed by atoms with Crippen LogP contribution in [-0.4, -0.2) is 12.1 Å². The van der Waals surface area contributed by atoms with E-state index in [9.17, 15) is 4.79 Å². The standard InChI is InChI=1S/C28H46O2/c1-18(2)7-6-8-19(3)26-13-14-27-25-11-9-21-17-22(30-20(4)29)10-12-23(21)24(25)15-16-28(26,27)5/h9,18-19,22-27H,6-8,10-17H2,1-5H3/t19-,22+,23?,24?,25?,26?,27?,28-/m1/s1. The highest BCUT2D eigenvalue weighted by atomic mass is 16.5. The quantitative estimate of drug-likeness (QED) is 0.331. The smallest absolute Gasteiger partial charge is 0.302 e. The first-order valence-electron chi connectivity index (χ1n) is 13.2. The molecule has 5 unspecified atom stereocenters. The van der Waals surface area contributed by atoms with Gasteiger partial charge < -0.3 is 4.74 Å². The van der Waals surface area contributed by atoms with Crippen molar-refractivity contribution in [2.45, 2.75) is 111 Å². The summed E-state index contributed by atoms with van der Waals surface area (Å²) in [5.74, 6) is 6.11. The van der Waals surface area contributed by atoms with Crippen molar-refractivity contribution in [3.05, 3.63) is 11.6 Å². The Kier molecular flexibility index (Phi) is 6.71. The molecular weight excluding hydrogens is 368 g/mol. The van der Waals surface area contributed by atoms with Crippen LogP contribution in [0.5, 0.6) is 0 Å². The summed E-state index contributed by atoms with van der Waals surface area (Å²) < 4.78 is 5.57. The summed E-state index contributed by atoms with van der Waals surface area (Å²) in [6.45, 7) is 11.5. The van der Waals surface area contributed by atoms with E-state index >= 15 is 0 Å². The molecule has 8 atom stereocenters. The molecule has 0 bridgehead atoms. The molecule has 170 valence electrons. The lowest BCUT2D eigenvalue weighted by Gasteiger charge is -2.54. The fourth-order valence-electron chi connectivity index (χ4n) is 8.59. The molecule has 0 N–H and O–H groups in total. The lowest BCUT2D eigenvalue weighted by atomic mass is 9.51. The fraction of sp³-hybridized carbons (Fsp3) is 0.893. The third-order valence-corrected chi connectivity index (χ3v) is 9.93. The number of hydrogen-bond acceptors (Lipinski definition) is 2. The zero-order valence-corrected chi connectivity index (χ0v) is 20.3. The van der Waals surface area contributed by atoms with Crippen LogP contribution in [0.25, 0.3) is 0 Å². The van der Waals surface area contributed by atoms with Gasteiger partial charge in [-0.3, -0.25) is 4.79 Å². The van der Waals surface area contributed by atoms with Gasteiger partial charge in [0.25, 0.3) is 0 Å². The molecular formula is C28H46O2. The van der Waals surface area contributed by atoms with E-state index in [1.54, 1.807) is 12.5 Å². The van der Waals surface area contributed by atoms with Gasteiger partial charge in [-0.25, -0.2) is 0 Å². The predicted molar refractivity (Wildman–Crippen MR) is 124 cm³/mol. The highest BCUT2D eigenvalue weighted by Crippen LogP contribution is 2.64. The van der Waals surface area contributed by atoms with E-state index in [0.717, 1.165) is 54.3 Å². The van der Waals surface area contributed by atoms with Crippen LogP contribution in [0, 0.1) is 46.8 Å². The topological polar surface area (TPSA) is 26.3 Å². The molecule has 30 heavy (non-hydrogen) atoms. The summed E-state index contributed by atoms with van der Waals surface area (Å²) >= 11 is 0. The highest BCUT2D eigenvalue weighted by Gasteiger charge is 2.56.